The van der Waals surface area contributed by atoms with E-state index in [0.29, 0.717) is 17.0 Å². The minimum absolute atomic E-state index is 0.0218. The maximum atomic E-state index is 12.6. The highest BCUT2D eigenvalue weighted by molar-refractivity contribution is 7.94. The SMILES string of the molecule is CCCN(CC(F)(F)F)C(=O)COc1ccc(N(C)S(=O)(=O)c2cccs2)cc1. The van der Waals surface area contributed by atoms with Gasteiger partial charge in [0.1, 0.15) is 16.5 Å². The van der Waals surface area contributed by atoms with Crippen molar-refractivity contribution in [3.05, 3.63) is 41.8 Å². The maximum absolute atomic E-state index is 12.6. The predicted molar refractivity (Wildman–Crippen MR) is 105 cm³/mol. The highest BCUT2D eigenvalue weighted by Gasteiger charge is 2.32. The molecule has 2 rings (SSSR count). The lowest BCUT2D eigenvalue weighted by Crippen LogP contribution is -2.41. The second-order valence-corrected chi connectivity index (χ2v) is 9.26. The molecule has 0 saturated carbocycles. The average molecular weight is 451 g/mol. The number of nitrogens with zero attached hydrogens (tertiary/aromatic N) is 2. The van der Waals surface area contributed by atoms with E-state index in [2.05, 4.69) is 0 Å². The molecule has 0 spiro atoms. The smallest absolute Gasteiger partial charge is 0.406 e. The van der Waals surface area contributed by atoms with Gasteiger partial charge in [0, 0.05) is 13.6 Å². The molecular weight excluding hydrogens is 429 g/mol. The number of hydrogen-bond donors (Lipinski definition) is 0. The van der Waals surface area contributed by atoms with E-state index in [-0.39, 0.29) is 16.5 Å². The third-order valence-corrected chi connectivity index (χ3v) is 7.05. The lowest BCUT2D eigenvalue weighted by Gasteiger charge is -2.23. The molecular formula is C18H21F3N2O4S2. The van der Waals surface area contributed by atoms with Crippen LogP contribution in [0.1, 0.15) is 13.3 Å². The van der Waals surface area contributed by atoms with Gasteiger partial charge in [0.15, 0.2) is 6.61 Å². The van der Waals surface area contributed by atoms with Gasteiger partial charge in [-0.15, -0.1) is 11.3 Å². The number of benzene rings is 1. The Morgan fingerprint density at radius 3 is 2.34 bits per heavy atom. The van der Waals surface area contributed by atoms with Crippen molar-refractivity contribution in [2.75, 3.05) is 31.0 Å². The number of thiophene rings is 1. The van der Waals surface area contributed by atoms with Crippen molar-refractivity contribution in [1.29, 1.82) is 0 Å². The zero-order valence-electron chi connectivity index (χ0n) is 15.8. The van der Waals surface area contributed by atoms with E-state index in [0.717, 1.165) is 15.6 Å². The number of halogens is 3. The summed E-state index contributed by atoms with van der Waals surface area (Å²) in [5.41, 5.74) is 0.377. The van der Waals surface area contributed by atoms with E-state index in [1.165, 1.54) is 37.4 Å². The Kier molecular flexibility index (Phi) is 7.53. The fraction of sp³-hybridized carbons (Fsp3) is 0.389. The zero-order valence-corrected chi connectivity index (χ0v) is 17.5. The highest BCUT2D eigenvalue weighted by atomic mass is 32.2. The number of amides is 1. The van der Waals surface area contributed by atoms with Crippen LogP contribution in [-0.4, -0.2) is 52.1 Å². The molecule has 0 atom stereocenters. The van der Waals surface area contributed by atoms with Crippen LogP contribution in [0, 0.1) is 0 Å². The number of rotatable bonds is 9. The highest BCUT2D eigenvalue weighted by Crippen LogP contribution is 2.26. The molecule has 1 aromatic heterocycles. The minimum atomic E-state index is -4.48. The minimum Gasteiger partial charge on any atom is -0.484 e. The summed E-state index contributed by atoms with van der Waals surface area (Å²) in [5, 5.41) is 1.66. The van der Waals surface area contributed by atoms with Crippen LogP contribution in [-0.2, 0) is 14.8 Å². The van der Waals surface area contributed by atoms with E-state index in [9.17, 15) is 26.4 Å². The van der Waals surface area contributed by atoms with Crippen LogP contribution in [0.4, 0.5) is 18.9 Å². The van der Waals surface area contributed by atoms with Crippen molar-refractivity contribution in [3.63, 3.8) is 0 Å². The molecule has 160 valence electrons. The molecule has 0 aliphatic heterocycles. The summed E-state index contributed by atoms with van der Waals surface area (Å²) in [6.07, 6.45) is -4.09. The monoisotopic (exact) mass is 450 g/mol. The van der Waals surface area contributed by atoms with E-state index >= 15 is 0 Å². The molecule has 0 aliphatic rings. The van der Waals surface area contributed by atoms with Crippen molar-refractivity contribution < 1.29 is 31.1 Å². The summed E-state index contributed by atoms with van der Waals surface area (Å²) in [6, 6.07) is 9.03. The van der Waals surface area contributed by atoms with Gasteiger partial charge in [-0.05, 0) is 42.1 Å². The summed E-state index contributed by atoms with van der Waals surface area (Å²) in [4.78, 5) is 12.7. The Morgan fingerprint density at radius 1 is 1.17 bits per heavy atom. The largest absolute Gasteiger partial charge is 0.484 e. The summed E-state index contributed by atoms with van der Waals surface area (Å²) < 4.78 is 69.4. The second-order valence-electron chi connectivity index (χ2n) is 6.12. The van der Waals surface area contributed by atoms with E-state index in [1.807, 2.05) is 0 Å². The Morgan fingerprint density at radius 2 is 1.83 bits per heavy atom. The molecule has 0 unspecified atom stereocenters. The van der Waals surface area contributed by atoms with Crippen LogP contribution in [0.5, 0.6) is 5.75 Å². The average Bonchev–Trinajstić information content (AvgIpc) is 3.20. The van der Waals surface area contributed by atoms with E-state index in [1.54, 1.807) is 18.4 Å². The van der Waals surface area contributed by atoms with Crippen molar-refractivity contribution >= 4 is 33.0 Å². The van der Waals surface area contributed by atoms with Crippen LogP contribution in [0.2, 0.25) is 0 Å². The third-order valence-electron chi connectivity index (χ3n) is 3.89. The molecule has 0 saturated heterocycles. The second kappa shape index (κ2) is 9.49. The van der Waals surface area contributed by atoms with Gasteiger partial charge >= 0.3 is 6.18 Å². The first kappa shape index (κ1) is 23.0. The first-order valence-corrected chi connectivity index (χ1v) is 11.0. The fourth-order valence-corrected chi connectivity index (χ4v) is 4.81. The summed E-state index contributed by atoms with van der Waals surface area (Å²) >= 11 is 1.10. The van der Waals surface area contributed by atoms with E-state index in [4.69, 9.17) is 4.74 Å². The zero-order chi connectivity index (χ0) is 21.7. The number of carbonyl (C=O) groups is 1. The molecule has 1 aromatic carbocycles. The number of alkyl halides is 3. The Hall–Kier alpha value is -2.27. The topological polar surface area (TPSA) is 66.9 Å². The van der Waals surface area contributed by atoms with Crippen molar-refractivity contribution in [3.8, 4) is 5.75 Å². The van der Waals surface area contributed by atoms with Crippen LogP contribution in [0.25, 0.3) is 0 Å². The standard InChI is InChI=1S/C18H21F3N2O4S2/c1-3-10-23(13-18(19,20)21)16(24)12-27-15-8-6-14(7-9-15)22(2)29(25,26)17-5-4-11-28-17/h4-9,11H,3,10,12-13H2,1-2H3. The molecule has 0 aliphatic carbocycles. The fourth-order valence-electron chi connectivity index (χ4n) is 2.45. The molecule has 0 radical (unpaired) electrons. The van der Waals surface area contributed by atoms with Crippen molar-refractivity contribution in [2.24, 2.45) is 0 Å². The molecule has 2 aromatic rings. The van der Waals surface area contributed by atoms with E-state index < -0.39 is 35.3 Å². The number of ether oxygens (including phenoxy) is 1. The van der Waals surface area contributed by atoms with Gasteiger partial charge < -0.3 is 9.64 Å². The number of anilines is 1. The third kappa shape index (κ3) is 6.36. The van der Waals surface area contributed by atoms with Crippen LogP contribution in [0.3, 0.4) is 0 Å². The van der Waals surface area contributed by atoms with Gasteiger partial charge in [0.25, 0.3) is 15.9 Å². The summed E-state index contributed by atoms with van der Waals surface area (Å²) in [6.45, 7) is -0.213. The van der Waals surface area contributed by atoms with Crippen molar-refractivity contribution in [1.82, 2.24) is 4.90 Å². The molecule has 1 heterocycles. The van der Waals surface area contributed by atoms with Crippen LogP contribution in [0.15, 0.2) is 46.0 Å². The van der Waals surface area contributed by atoms with Gasteiger partial charge in [0.05, 0.1) is 5.69 Å². The molecule has 6 nitrogen and oxygen atoms in total. The number of sulfonamides is 1. The first-order valence-electron chi connectivity index (χ1n) is 8.64. The van der Waals surface area contributed by atoms with Gasteiger partial charge in [-0.3, -0.25) is 9.10 Å². The molecule has 0 fully saturated rings. The van der Waals surface area contributed by atoms with Crippen molar-refractivity contribution in [2.45, 2.75) is 23.7 Å². The molecule has 1 amide bonds. The Balaban J connectivity index is 2.01. The normalized spacial score (nSPS) is 11.9. The number of hydrogen-bond acceptors (Lipinski definition) is 5. The Bertz CT molecular complexity index is 898. The Labute approximate surface area is 171 Å². The predicted octanol–water partition coefficient (Wildman–Crippen LogP) is 3.75. The quantitative estimate of drug-likeness (QED) is 0.584. The summed E-state index contributed by atoms with van der Waals surface area (Å²) in [7, 11) is -2.27. The van der Waals surface area contributed by atoms with Gasteiger partial charge in [-0.1, -0.05) is 13.0 Å². The summed E-state index contributed by atoms with van der Waals surface area (Å²) in [5.74, 6) is -0.530. The first-order chi connectivity index (χ1) is 13.5. The van der Waals surface area contributed by atoms with Gasteiger partial charge in [-0.2, -0.15) is 13.2 Å². The number of carbonyl (C=O) groups excluding carboxylic acids is 1. The lowest BCUT2D eigenvalue weighted by molar-refractivity contribution is -0.162. The molecule has 0 bridgehead atoms. The molecule has 29 heavy (non-hydrogen) atoms. The van der Waals surface area contributed by atoms with Crippen LogP contribution >= 0.6 is 11.3 Å². The lowest BCUT2D eigenvalue weighted by atomic mass is 10.3. The molecule has 11 heteroatoms. The molecule has 0 N–H and O–H groups in total. The van der Waals surface area contributed by atoms with Gasteiger partial charge in [0.2, 0.25) is 0 Å². The maximum Gasteiger partial charge on any atom is 0.406 e. The van der Waals surface area contributed by atoms with Gasteiger partial charge in [-0.25, -0.2) is 8.42 Å². The van der Waals surface area contributed by atoms with Crippen LogP contribution < -0.4 is 9.04 Å².